The molecule has 84 valence electrons. The molecule has 2 rings (SSSR count). The van der Waals surface area contributed by atoms with Crippen molar-refractivity contribution in [2.75, 3.05) is 5.73 Å². The third-order valence-electron chi connectivity index (χ3n) is 2.61. The number of phenolic OH excluding ortho intramolecular Hbond substituents is 1. The molecule has 1 aromatic carbocycles. The summed E-state index contributed by atoms with van der Waals surface area (Å²) in [6, 6.07) is 1.71. The number of halogens is 1. The first-order valence-corrected chi connectivity index (χ1v) is 5.59. The number of H-pyrrole nitrogens is 1. The van der Waals surface area contributed by atoms with E-state index in [9.17, 15) is 5.11 Å². The first-order chi connectivity index (χ1) is 7.52. The molecule has 5 heteroatoms. The lowest BCUT2D eigenvalue weighted by molar-refractivity contribution is 0.471. The molecule has 0 saturated heterocycles. The standard InChI is InChI=1S/C11H12BrN3O/c1-5-3-8(16)10(12)6(2)9(5)7-4-14-15-11(7)13/h3-4,16H,1-2H3,(H3,13,14,15). The van der Waals surface area contributed by atoms with Crippen molar-refractivity contribution in [2.24, 2.45) is 0 Å². The molecule has 0 bridgehead atoms. The van der Waals surface area contributed by atoms with Crippen LogP contribution in [-0.4, -0.2) is 15.3 Å². The number of nitrogen functional groups attached to an aromatic ring is 1. The van der Waals surface area contributed by atoms with E-state index in [0.717, 1.165) is 22.3 Å². The average Bonchev–Trinajstić information content (AvgIpc) is 2.62. The van der Waals surface area contributed by atoms with Crippen molar-refractivity contribution in [3.05, 3.63) is 27.9 Å². The minimum atomic E-state index is 0.237. The number of rotatable bonds is 1. The second-order valence-corrected chi connectivity index (χ2v) is 4.52. The molecule has 1 aromatic heterocycles. The van der Waals surface area contributed by atoms with Gasteiger partial charge in [0.2, 0.25) is 0 Å². The number of nitrogens with one attached hydrogen (secondary N) is 1. The van der Waals surface area contributed by atoms with Gasteiger partial charge >= 0.3 is 0 Å². The van der Waals surface area contributed by atoms with Gasteiger partial charge in [0.15, 0.2) is 0 Å². The molecular weight excluding hydrogens is 270 g/mol. The maximum Gasteiger partial charge on any atom is 0.130 e. The Morgan fingerprint density at radius 1 is 1.44 bits per heavy atom. The summed E-state index contributed by atoms with van der Waals surface area (Å²) in [6.45, 7) is 3.86. The molecule has 0 atom stereocenters. The highest BCUT2D eigenvalue weighted by molar-refractivity contribution is 9.10. The number of aromatic nitrogens is 2. The van der Waals surface area contributed by atoms with Crippen molar-refractivity contribution in [2.45, 2.75) is 13.8 Å². The number of phenols is 1. The number of hydrogen-bond donors (Lipinski definition) is 3. The lowest BCUT2D eigenvalue weighted by Gasteiger charge is -2.12. The van der Waals surface area contributed by atoms with Crippen LogP contribution in [0.15, 0.2) is 16.7 Å². The fourth-order valence-electron chi connectivity index (χ4n) is 1.85. The van der Waals surface area contributed by atoms with Gasteiger partial charge in [0, 0.05) is 5.56 Å². The smallest absolute Gasteiger partial charge is 0.130 e. The Labute approximate surface area is 102 Å². The lowest BCUT2D eigenvalue weighted by atomic mass is 9.97. The molecule has 0 aliphatic rings. The van der Waals surface area contributed by atoms with Crippen LogP contribution in [-0.2, 0) is 0 Å². The molecule has 0 fully saturated rings. The van der Waals surface area contributed by atoms with Gasteiger partial charge in [0.1, 0.15) is 11.6 Å². The summed E-state index contributed by atoms with van der Waals surface area (Å²) in [5.41, 5.74) is 9.57. The predicted octanol–water partition coefficient (Wildman–Crippen LogP) is 2.74. The van der Waals surface area contributed by atoms with Gasteiger partial charge in [-0.1, -0.05) is 0 Å². The van der Waals surface area contributed by atoms with Crippen LogP contribution in [0.3, 0.4) is 0 Å². The van der Waals surface area contributed by atoms with E-state index in [1.54, 1.807) is 12.3 Å². The average molecular weight is 282 g/mol. The van der Waals surface area contributed by atoms with E-state index < -0.39 is 0 Å². The third kappa shape index (κ3) is 1.57. The first kappa shape index (κ1) is 11.0. The first-order valence-electron chi connectivity index (χ1n) is 4.80. The molecule has 0 amide bonds. The van der Waals surface area contributed by atoms with Crippen LogP contribution in [0.1, 0.15) is 11.1 Å². The molecular formula is C11H12BrN3O. The third-order valence-corrected chi connectivity index (χ3v) is 3.62. The number of aryl methyl sites for hydroxylation is 1. The normalized spacial score (nSPS) is 10.7. The molecule has 16 heavy (non-hydrogen) atoms. The molecule has 4 nitrogen and oxygen atoms in total. The zero-order valence-electron chi connectivity index (χ0n) is 9.00. The maximum absolute atomic E-state index is 9.67. The molecule has 0 unspecified atom stereocenters. The zero-order valence-corrected chi connectivity index (χ0v) is 10.6. The summed E-state index contributed by atoms with van der Waals surface area (Å²) < 4.78 is 0.689. The Bertz CT molecular complexity index is 548. The fraction of sp³-hybridized carbons (Fsp3) is 0.182. The van der Waals surface area contributed by atoms with E-state index in [1.807, 2.05) is 13.8 Å². The van der Waals surface area contributed by atoms with Gasteiger partial charge in [-0.15, -0.1) is 0 Å². The van der Waals surface area contributed by atoms with Crippen molar-refractivity contribution < 1.29 is 5.11 Å². The van der Waals surface area contributed by atoms with E-state index in [-0.39, 0.29) is 5.75 Å². The molecule has 0 aliphatic carbocycles. The van der Waals surface area contributed by atoms with Crippen molar-refractivity contribution >= 4 is 21.7 Å². The molecule has 0 radical (unpaired) electrons. The van der Waals surface area contributed by atoms with Gasteiger partial charge in [-0.2, -0.15) is 5.10 Å². The van der Waals surface area contributed by atoms with Crippen molar-refractivity contribution in [1.82, 2.24) is 10.2 Å². The number of nitrogens with two attached hydrogens (primary N) is 1. The van der Waals surface area contributed by atoms with Crippen LogP contribution >= 0.6 is 15.9 Å². The van der Waals surface area contributed by atoms with Gasteiger partial charge in [0.05, 0.1) is 10.7 Å². The summed E-state index contributed by atoms with van der Waals surface area (Å²) in [7, 11) is 0. The van der Waals surface area contributed by atoms with Crippen molar-refractivity contribution in [1.29, 1.82) is 0 Å². The highest BCUT2D eigenvalue weighted by Gasteiger charge is 2.15. The summed E-state index contributed by atoms with van der Waals surface area (Å²) in [6.07, 6.45) is 1.69. The topological polar surface area (TPSA) is 74.9 Å². The minimum Gasteiger partial charge on any atom is -0.507 e. The maximum atomic E-state index is 9.67. The Morgan fingerprint density at radius 3 is 2.69 bits per heavy atom. The van der Waals surface area contributed by atoms with Gasteiger partial charge in [-0.05, 0) is 52.5 Å². The van der Waals surface area contributed by atoms with Gasteiger partial charge in [0.25, 0.3) is 0 Å². The second kappa shape index (κ2) is 3.83. The Morgan fingerprint density at radius 2 is 2.12 bits per heavy atom. The number of aromatic amines is 1. The van der Waals surface area contributed by atoms with Gasteiger partial charge < -0.3 is 10.8 Å². The molecule has 0 spiro atoms. The summed E-state index contributed by atoms with van der Waals surface area (Å²) in [5.74, 6) is 0.768. The number of aromatic hydroxyl groups is 1. The molecule has 0 saturated carbocycles. The van der Waals surface area contributed by atoms with Crippen LogP contribution in [0.5, 0.6) is 5.75 Å². The minimum absolute atomic E-state index is 0.237. The van der Waals surface area contributed by atoms with Crippen LogP contribution in [0.4, 0.5) is 5.82 Å². The highest BCUT2D eigenvalue weighted by Crippen LogP contribution is 2.38. The van der Waals surface area contributed by atoms with E-state index in [1.165, 1.54) is 0 Å². The SMILES string of the molecule is Cc1cc(O)c(Br)c(C)c1-c1cn[nH]c1N. The number of anilines is 1. The highest BCUT2D eigenvalue weighted by atomic mass is 79.9. The van der Waals surface area contributed by atoms with Crippen LogP contribution in [0.2, 0.25) is 0 Å². The van der Waals surface area contributed by atoms with Crippen LogP contribution in [0.25, 0.3) is 11.1 Å². The molecule has 0 aliphatic heterocycles. The van der Waals surface area contributed by atoms with E-state index in [4.69, 9.17) is 5.73 Å². The summed E-state index contributed by atoms with van der Waals surface area (Å²) in [5, 5.41) is 16.3. The summed E-state index contributed by atoms with van der Waals surface area (Å²) in [4.78, 5) is 0. The number of nitrogens with zero attached hydrogens (tertiary/aromatic N) is 1. The Balaban J connectivity index is 2.76. The number of benzene rings is 1. The predicted molar refractivity (Wildman–Crippen MR) is 67.3 cm³/mol. The zero-order chi connectivity index (χ0) is 11.9. The van der Waals surface area contributed by atoms with Crippen LogP contribution in [0, 0.1) is 13.8 Å². The second-order valence-electron chi connectivity index (χ2n) is 3.72. The molecule has 4 N–H and O–H groups in total. The largest absolute Gasteiger partial charge is 0.507 e. The number of hydrogen-bond acceptors (Lipinski definition) is 3. The van der Waals surface area contributed by atoms with Gasteiger partial charge in [-0.3, -0.25) is 5.10 Å². The lowest BCUT2D eigenvalue weighted by Crippen LogP contribution is -1.93. The van der Waals surface area contributed by atoms with Crippen LogP contribution < -0.4 is 5.73 Å². The van der Waals surface area contributed by atoms with E-state index in [0.29, 0.717) is 10.3 Å². The fourth-order valence-corrected chi connectivity index (χ4v) is 2.16. The molecule has 2 aromatic rings. The Hall–Kier alpha value is -1.49. The molecule has 1 heterocycles. The van der Waals surface area contributed by atoms with E-state index in [2.05, 4.69) is 26.1 Å². The monoisotopic (exact) mass is 281 g/mol. The van der Waals surface area contributed by atoms with E-state index >= 15 is 0 Å². The van der Waals surface area contributed by atoms with Gasteiger partial charge in [-0.25, -0.2) is 0 Å². The Kier molecular flexibility index (Phi) is 2.63. The quantitative estimate of drug-likeness (QED) is 0.752. The summed E-state index contributed by atoms with van der Waals surface area (Å²) >= 11 is 3.35. The van der Waals surface area contributed by atoms with Crippen molar-refractivity contribution in [3.63, 3.8) is 0 Å². The van der Waals surface area contributed by atoms with Crippen molar-refractivity contribution in [3.8, 4) is 16.9 Å².